The van der Waals surface area contributed by atoms with Gasteiger partial charge in [-0.2, -0.15) is 0 Å². The number of amides is 1. The van der Waals surface area contributed by atoms with Crippen molar-refractivity contribution in [1.29, 1.82) is 0 Å². The van der Waals surface area contributed by atoms with Gasteiger partial charge in [0.1, 0.15) is 0 Å². The van der Waals surface area contributed by atoms with Gasteiger partial charge in [-0.3, -0.25) is 9.79 Å². The molecule has 1 atom stereocenters. The van der Waals surface area contributed by atoms with Crippen LogP contribution in [0.5, 0.6) is 0 Å². The second-order valence-electron chi connectivity index (χ2n) is 7.24. The Morgan fingerprint density at radius 3 is 2.44 bits per heavy atom. The van der Waals surface area contributed by atoms with Crippen LogP contribution in [0.2, 0.25) is 0 Å². The minimum Gasteiger partial charge on any atom is -0.322 e. The molecule has 0 unspecified atom stereocenters. The fraction of sp³-hybridized carbons (Fsp3) is 0.652. The summed E-state index contributed by atoms with van der Waals surface area (Å²) in [5.74, 6) is 1.33. The highest BCUT2D eigenvalue weighted by Crippen LogP contribution is 2.18. The van der Waals surface area contributed by atoms with Crippen molar-refractivity contribution in [3.8, 4) is 0 Å². The van der Waals surface area contributed by atoms with E-state index < -0.39 is 0 Å². The molecule has 0 aliphatic carbocycles. The molecule has 1 heterocycles. The van der Waals surface area contributed by atoms with Crippen LogP contribution in [0.1, 0.15) is 77.6 Å². The Hall–Kier alpha value is -1.29. The average Bonchev–Trinajstić information content (AvgIpc) is 3.07. The second-order valence-corrected chi connectivity index (χ2v) is 8.45. The van der Waals surface area contributed by atoms with E-state index in [1.165, 1.54) is 50.0 Å². The molecule has 0 saturated carbocycles. The molecule has 152 valence electrons. The Kier molecular flexibility index (Phi) is 13.8. The summed E-state index contributed by atoms with van der Waals surface area (Å²) in [5, 5.41) is 1.22. The first-order valence-electron chi connectivity index (χ1n) is 10.5. The van der Waals surface area contributed by atoms with Crippen LogP contribution in [-0.2, 0) is 4.79 Å². The molecule has 1 amide bonds. The van der Waals surface area contributed by atoms with E-state index in [0.29, 0.717) is 12.5 Å². The van der Waals surface area contributed by atoms with Gasteiger partial charge < -0.3 is 4.90 Å². The highest BCUT2D eigenvalue weighted by atomic mass is 32.2. The Labute approximate surface area is 171 Å². The summed E-state index contributed by atoms with van der Waals surface area (Å²) in [6.07, 6.45) is 22.9. The smallest absolute Gasteiger partial charge is 0.226 e. The van der Waals surface area contributed by atoms with Gasteiger partial charge in [-0.25, -0.2) is 0 Å². The SMILES string of the molecule is C=CC/C=C/N(C)C(=O)CCCCCCCCCC/C=C/[C@@H]1CSC(C)=N1. The molecule has 0 spiro atoms. The zero-order chi connectivity index (χ0) is 19.7. The van der Waals surface area contributed by atoms with Crippen LogP contribution in [0.3, 0.4) is 0 Å². The van der Waals surface area contributed by atoms with Crippen molar-refractivity contribution in [3.05, 3.63) is 37.1 Å². The highest BCUT2D eigenvalue weighted by Gasteiger charge is 2.11. The Morgan fingerprint density at radius 1 is 1.15 bits per heavy atom. The maximum atomic E-state index is 11.9. The van der Waals surface area contributed by atoms with Crippen molar-refractivity contribution in [3.63, 3.8) is 0 Å². The van der Waals surface area contributed by atoms with Crippen LogP contribution in [0.25, 0.3) is 0 Å². The van der Waals surface area contributed by atoms with Crippen molar-refractivity contribution < 1.29 is 4.79 Å². The zero-order valence-electron chi connectivity index (χ0n) is 17.4. The van der Waals surface area contributed by atoms with Gasteiger partial charge in [0.05, 0.1) is 11.1 Å². The quantitative estimate of drug-likeness (QED) is 0.235. The molecule has 27 heavy (non-hydrogen) atoms. The van der Waals surface area contributed by atoms with Gasteiger partial charge >= 0.3 is 0 Å². The van der Waals surface area contributed by atoms with E-state index in [2.05, 4.69) is 30.6 Å². The van der Waals surface area contributed by atoms with E-state index in [1.807, 2.05) is 37.2 Å². The summed E-state index contributed by atoms with van der Waals surface area (Å²) in [6.45, 7) is 5.76. The molecule has 3 nitrogen and oxygen atoms in total. The van der Waals surface area contributed by atoms with Crippen molar-refractivity contribution in [1.82, 2.24) is 4.90 Å². The number of carbonyl (C=O) groups excluding carboxylic acids is 1. The third-order valence-electron chi connectivity index (χ3n) is 4.71. The second kappa shape index (κ2) is 15.7. The lowest BCUT2D eigenvalue weighted by atomic mass is 10.1. The van der Waals surface area contributed by atoms with E-state index in [4.69, 9.17) is 0 Å². The van der Waals surface area contributed by atoms with Crippen molar-refractivity contribution >= 4 is 22.7 Å². The van der Waals surface area contributed by atoms with Crippen LogP contribution in [0, 0.1) is 0 Å². The van der Waals surface area contributed by atoms with Gasteiger partial charge in [-0.1, -0.05) is 62.8 Å². The molecule has 0 N–H and O–H groups in total. The van der Waals surface area contributed by atoms with Crippen LogP contribution in [-0.4, -0.2) is 34.7 Å². The first-order chi connectivity index (χ1) is 13.1. The molecule has 4 heteroatoms. The molecular formula is C23H38N2OS. The first kappa shape index (κ1) is 23.7. The number of carbonyl (C=O) groups is 1. The van der Waals surface area contributed by atoms with E-state index in [1.54, 1.807) is 4.90 Å². The molecule has 1 aliphatic rings. The van der Waals surface area contributed by atoms with E-state index in [0.717, 1.165) is 25.0 Å². The molecule has 1 rings (SSSR count). The number of hydrogen-bond donors (Lipinski definition) is 0. The standard InChI is InChI=1S/C23H38N2OS/c1-4-5-16-19-25(3)23(26)18-15-13-11-9-7-6-8-10-12-14-17-22-20-27-21(2)24-22/h4,14,16-17,19,22H,1,5-13,15,18,20H2,2-3H3/b17-14+,19-16+/t22-/m1/s1. The van der Waals surface area contributed by atoms with Gasteiger partial charge in [-0.15, -0.1) is 18.3 Å². The van der Waals surface area contributed by atoms with Crippen LogP contribution in [0.4, 0.5) is 0 Å². The molecule has 0 aromatic heterocycles. The molecule has 0 saturated heterocycles. The maximum Gasteiger partial charge on any atom is 0.226 e. The summed E-state index contributed by atoms with van der Waals surface area (Å²) < 4.78 is 0. The molecular weight excluding hydrogens is 352 g/mol. The van der Waals surface area contributed by atoms with E-state index in [9.17, 15) is 4.79 Å². The van der Waals surface area contributed by atoms with Gasteiger partial charge in [0, 0.05) is 25.4 Å². The predicted octanol–water partition coefficient (Wildman–Crippen LogP) is 6.53. The number of hydrogen-bond acceptors (Lipinski definition) is 3. The third kappa shape index (κ3) is 12.7. The Morgan fingerprint density at radius 2 is 1.81 bits per heavy atom. The van der Waals surface area contributed by atoms with Crippen LogP contribution >= 0.6 is 11.8 Å². The van der Waals surface area contributed by atoms with Gasteiger partial charge in [0.25, 0.3) is 0 Å². The summed E-state index contributed by atoms with van der Waals surface area (Å²) in [4.78, 5) is 18.2. The summed E-state index contributed by atoms with van der Waals surface area (Å²) in [6, 6.07) is 0.421. The number of thioether (sulfide) groups is 1. The van der Waals surface area contributed by atoms with Crippen molar-refractivity contribution in [2.45, 2.75) is 83.6 Å². The summed E-state index contributed by atoms with van der Waals surface area (Å²) in [5.41, 5.74) is 0. The summed E-state index contributed by atoms with van der Waals surface area (Å²) in [7, 11) is 1.83. The zero-order valence-corrected chi connectivity index (χ0v) is 18.2. The molecule has 0 radical (unpaired) electrons. The van der Waals surface area contributed by atoms with E-state index in [-0.39, 0.29) is 5.91 Å². The lowest BCUT2D eigenvalue weighted by Crippen LogP contribution is -2.20. The molecule has 1 aliphatic heterocycles. The van der Waals surface area contributed by atoms with Gasteiger partial charge in [0.15, 0.2) is 0 Å². The van der Waals surface area contributed by atoms with Crippen LogP contribution < -0.4 is 0 Å². The molecule has 0 bridgehead atoms. The average molecular weight is 391 g/mol. The van der Waals surface area contributed by atoms with Crippen molar-refractivity contribution in [2.75, 3.05) is 12.8 Å². The topological polar surface area (TPSA) is 32.7 Å². The Balaban J connectivity index is 1.87. The van der Waals surface area contributed by atoms with Crippen LogP contribution in [0.15, 0.2) is 42.1 Å². The first-order valence-corrected chi connectivity index (χ1v) is 11.5. The normalized spacial score (nSPS) is 17.0. The minimum atomic E-state index is 0.209. The molecule has 0 aromatic carbocycles. The maximum absolute atomic E-state index is 11.9. The van der Waals surface area contributed by atoms with E-state index >= 15 is 0 Å². The highest BCUT2D eigenvalue weighted by molar-refractivity contribution is 8.14. The third-order valence-corrected chi connectivity index (χ3v) is 5.74. The number of unbranched alkanes of at least 4 members (excludes halogenated alkanes) is 8. The minimum absolute atomic E-state index is 0.209. The number of rotatable bonds is 15. The van der Waals surface area contributed by atoms with Gasteiger partial charge in [0.2, 0.25) is 5.91 Å². The number of allylic oxidation sites excluding steroid dienone is 3. The monoisotopic (exact) mass is 390 g/mol. The summed E-state index contributed by atoms with van der Waals surface area (Å²) >= 11 is 1.87. The largest absolute Gasteiger partial charge is 0.322 e. The fourth-order valence-corrected chi connectivity index (χ4v) is 3.85. The van der Waals surface area contributed by atoms with Crippen molar-refractivity contribution in [2.24, 2.45) is 4.99 Å². The predicted molar refractivity (Wildman–Crippen MR) is 121 cm³/mol. The lowest BCUT2D eigenvalue weighted by molar-refractivity contribution is -0.127. The number of aliphatic imine (C=N–C) groups is 1. The fourth-order valence-electron chi connectivity index (χ4n) is 3.04. The lowest BCUT2D eigenvalue weighted by Gasteiger charge is -2.11. The Bertz CT molecular complexity index is 511. The van der Waals surface area contributed by atoms with Gasteiger partial charge in [-0.05, 0) is 32.6 Å². The molecule has 0 fully saturated rings. The number of nitrogens with zero attached hydrogens (tertiary/aromatic N) is 2. The molecule has 0 aromatic rings.